The molecule has 0 bridgehead atoms. The molecule has 0 spiro atoms. The van der Waals surface area contributed by atoms with Crippen LogP contribution in [0.1, 0.15) is 12.8 Å². The molecule has 0 atom stereocenters. The first-order valence-corrected chi connectivity index (χ1v) is 7.14. The van der Waals surface area contributed by atoms with Crippen LogP contribution in [0, 0.1) is 0 Å². The molecule has 1 fully saturated rings. The fraction of sp³-hybridized carbons (Fsp3) is 1.00. The van der Waals surface area contributed by atoms with Crippen LogP contribution in [0.3, 0.4) is 0 Å². The van der Waals surface area contributed by atoms with Crippen LogP contribution in [0.4, 0.5) is 0 Å². The topological polar surface area (TPSA) is 18.5 Å². The van der Waals surface area contributed by atoms with Gasteiger partial charge >= 0.3 is 0 Å². The Morgan fingerprint density at radius 1 is 1.20 bits per heavy atom. The molecule has 1 aliphatic rings. The van der Waals surface area contributed by atoms with Gasteiger partial charge in [0.2, 0.25) is 0 Å². The normalized spacial score (nSPS) is 22.8. The Kier molecular flexibility index (Phi) is 1.91. The lowest BCUT2D eigenvalue weighted by Crippen LogP contribution is -2.34. The van der Waals surface area contributed by atoms with Crippen LogP contribution in [-0.2, 0) is 9.16 Å². The smallest absolute Gasteiger partial charge is 0.187 e. The van der Waals surface area contributed by atoms with Gasteiger partial charge in [-0.05, 0) is 19.6 Å². The second-order valence-electron chi connectivity index (χ2n) is 3.83. The standard InChI is InChI=1S/C7H16O2Si/c1-8-7(5-6-7)9-10(2,3)4/h5-6H2,1-4H3. The monoisotopic (exact) mass is 160 g/mol. The number of rotatable bonds is 3. The summed E-state index contributed by atoms with van der Waals surface area (Å²) in [6.07, 6.45) is 2.15. The molecule has 0 saturated heterocycles. The summed E-state index contributed by atoms with van der Waals surface area (Å²) in [5.74, 6) is -0.162. The average Bonchev–Trinajstić information content (AvgIpc) is 2.45. The highest BCUT2D eigenvalue weighted by Gasteiger charge is 2.47. The Morgan fingerprint density at radius 2 is 1.70 bits per heavy atom. The number of hydrogen-bond donors (Lipinski definition) is 0. The number of hydrogen-bond acceptors (Lipinski definition) is 2. The Bertz CT molecular complexity index is 124. The van der Waals surface area contributed by atoms with Crippen molar-refractivity contribution >= 4 is 8.32 Å². The molecular weight excluding hydrogens is 144 g/mol. The summed E-state index contributed by atoms with van der Waals surface area (Å²) in [4.78, 5) is 0. The number of ether oxygens (including phenoxy) is 1. The van der Waals surface area contributed by atoms with Crippen molar-refractivity contribution in [2.45, 2.75) is 38.3 Å². The van der Waals surface area contributed by atoms with E-state index in [0.717, 1.165) is 12.8 Å². The first-order chi connectivity index (χ1) is 4.47. The van der Waals surface area contributed by atoms with Crippen LogP contribution >= 0.6 is 0 Å². The van der Waals surface area contributed by atoms with Gasteiger partial charge in [-0.15, -0.1) is 0 Å². The third kappa shape index (κ3) is 2.07. The van der Waals surface area contributed by atoms with Gasteiger partial charge in [0.25, 0.3) is 0 Å². The van der Waals surface area contributed by atoms with Gasteiger partial charge < -0.3 is 9.16 Å². The lowest BCUT2D eigenvalue weighted by molar-refractivity contribution is -0.0853. The zero-order valence-corrected chi connectivity index (χ0v) is 8.23. The van der Waals surface area contributed by atoms with E-state index in [9.17, 15) is 0 Å². The Morgan fingerprint density at radius 3 is 1.80 bits per heavy atom. The predicted octanol–water partition coefficient (Wildman–Crippen LogP) is 1.97. The minimum Gasteiger partial charge on any atom is -0.391 e. The molecule has 0 heterocycles. The highest BCUT2D eigenvalue weighted by molar-refractivity contribution is 6.69. The van der Waals surface area contributed by atoms with Crippen LogP contribution in [0.25, 0.3) is 0 Å². The Hall–Kier alpha value is 0.137. The molecule has 0 aliphatic heterocycles. The summed E-state index contributed by atoms with van der Waals surface area (Å²) in [5, 5.41) is 0. The third-order valence-corrected chi connectivity index (χ3v) is 2.51. The maximum Gasteiger partial charge on any atom is 0.187 e. The fourth-order valence-corrected chi connectivity index (χ4v) is 2.41. The quantitative estimate of drug-likeness (QED) is 0.464. The van der Waals surface area contributed by atoms with E-state index in [1.807, 2.05) is 0 Å². The summed E-state index contributed by atoms with van der Waals surface area (Å²) >= 11 is 0. The minimum atomic E-state index is -1.38. The molecule has 1 rings (SSSR count). The first kappa shape index (κ1) is 8.24. The highest BCUT2D eigenvalue weighted by atomic mass is 28.4. The zero-order chi connectivity index (χ0) is 7.83. The van der Waals surface area contributed by atoms with Crippen molar-refractivity contribution in [1.29, 1.82) is 0 Å². The Balaban J connectivity index is 2.38. The highest BCUT2D eigenvalue weighted by Crippen LogP contribution is 2.42. The molecule has 0 amide bonds. The van der Waals surface area contributed by atoms with E-state index >= 15 is 0 Å². The zero-order valence-electron chi connectivity index (χ0n) is 7.23. The lowest BCUT2D eigenvalue weighted by atomic mass is 10.7. The molecular formula is C7H16O2Si. The molecule has 0 aromatic rings. The van der Waals surface area contributed by atoms with Crippen molar-refractivity contribution in [2.75, 3.05) is 7.11 Å². The maximum atomic E-state index is 5.80. The number of methoxy groups -OCH3 is 1. The summed E-state index contributed by atoms with van der Waals surface area (Å²) < 4.78 is 11.0. The molecule has 1 saturated carbocycles. The van der Waals surface area contributed by atoms with E-state index in [2.05, 4.69) is 19.6 Å². The minimum absolute atomic E-state index is 0.162. The van der Waals surface area contributed by atoms with Crippen LogP contribution in [0.2, 0.25) is 19.6 Å². The molecule has 0 aromatic carbocycles. The molecule has 60 valence electrons. The van der Waals surface area contributed by atoms with Gasteiger partial charge in [0.15, 0.2) is 14.1 Å². The molecule has 1 aliphatic carbocycles. The van der Waals surface area contributed by atoms with Crippen molar-refractivity contribution in [3.8, 4) is 0 Å². The summed E-state index contributed by atoms with van der Waals surface area (Å²) in [7, 11) is 0.353. The van der Waals surface area contributed by atoms with Crippen molar-refractivity contribution in [3.05, 3.63) is 0 Å². The van der Waals surface area contributed by atoms with Gasteiger partial charge in [-0.3, -0.25) is 0 Å². The summed E-state index contributed by atoms with van der Waals surface area (Å²) in [5.41, 5.74) is 0. The van der Waals surface area contributed by atoms with E-state index in [1.54, 1.807) is 7.11 Å². The van der Waals surface area contributed by atoms with Gasteiger partial charge in [-0.2, -0.15) is 0 Å². The lowest BCUT2D eigenvalue weighted by Gasteiger charge is -2.24. The van der Waals surface area contributed by atoms with E-state index in [4.69, 9.17) is 9.16 Å². The van der Waals surface area contributed by atoms with E-state index in [0.29, 0.717) is 0 Å². The van der Waals surface area contributed by atoms with Crippen molar-refractivity contribution < 1.29 is 9.16 Å². The molecule has 10 heavy (non-hydrogen) atoms. The van der Waals surface area contributed by atoms with Gasteiger partial charge in [0.05, 0.1) is 0 Å². The van der Waals surface area contributed by atoms with Crippen LogP contribution in [-0.4, -0.2) is 21.2 Å². The summed E-state index contributed by atoms with van der Waals surface area (Å²) in [6, 6.07) is 0. The molecule has 0 N–H and O–H groups in total. The van der Waals surface area contributed by atoms with Crippen molar-refractivity contribution in [1.82, 2.24) is 0 Å². The van der Waals surface area contributed by atoms with Crippen LogP contribution < -0.4 is 0 Å². The SMILES string of the molecule is COC1(O[Si](C)(C)C)CC1. The molecule has 0 unspecified atom stereocenters. The van der Waals surface area contributed by atoms with Crippen LogP contribution in [0.15, 0.2) is 0 Å². The van der Waals surface area contributed by atoms with E-state index in [-0.39, 0.29) is 5.79 Å². The van der Waals surface area contributed by atoms with E-state index in [1.165, 1.54) is 0 Å². The average molecular weight is 160 g/mol. The van der Waals surface area contributed by atoms with Gasteiger partial charge in [-0.1, -0.05) is 0 Å². The predicted molar refractivity (Wildman–Crippen MR) is 43.4 cm³/mol. The fourth-order valence-electron chi connectivity index (χ4n) is 1.01. The molecule has 3 heteroatoms. The first-order valence-electron chi connectivity index (χ1n) is 3.73. The Labute approximate surface area is 63.7 Å². The van der Waals surface area contributed by atoms with Crippen LogP contribution in [0.5, 0.6) is 0 Å². The maximum absolute atomic E-state index is 5.80. The van der Waals surface area contributed by atoms with Gasteiger partial charge in [-0.25, -0.2) is 0 Å². The van der Waals surface area contributed by atoms with Crippen molar-refractivity contribution in [3.63, 3.8) is 0 Å². The van der Waals surface area contributed by atoms with Crippen molar-refractivity contribution in [2.24, 2.45) is 0 Å². The molecule has 2 nitrogen and oxygen atoms in total. The molecule has 0 radical (unpaired) electrons. The van der Waals surface area contributed by atoms with Gasteiger partial charge in [0, 0.05) is 20.0 Å². The largest absolute Gasteiger partial charge is 0.391 e. The third-order valence-electron chi connectivity index (χ3n) is 1.52. The summed E-state index contributed by atoms with van der Waals surface area (Å²) in [6.45, 7) is 6.56. The van der Waals surface area contributed by atoms with E-state index < -0.39 is 8.32 Å². The second kappa shape index (κ2) is 2.32. The molecule has 0 aromatic heterocycles. The van der Waals surface area contributed by atoms with Gasteiger partial charge in [0.1, 0.15) is 0 Å². The second-order valence-corrected chi connectivity index (χ2v) is 8.26.